The van der Waals surface area contributed by atoms with Gasteiger partial charge in [-0.3, -0.25) is 9.79 Å². The van der Waals surface area contributed by atoms with E-state index >= 15 is 0 Å². The standard InChI is InChI=1S/C25H32N6O2/c1-5-22-29-23(33-30-22)20-11-9-18(10-12-20)13-15-27-25(26-2)28-16-14-19-7-6-8-21(17-19)24(32)31(3)4/h6-12,17H,5,13-16H2,1-4H3,(H2,26,27,28). The monoisotopic (exact) mass is 448 g/mol. The SMILES string of the molecule is CCc1noc(-c2ccc(CCNC(=NC)NCCc3cccc(C(=O)N(C)C)c3)cc2)n1. The number of aromatic nitrogens is 2. The maximum atomic E-state index is 12.1. The van der Waals surface area contributed by atoms with Gasteiger partial charge in [0.1, 0.15) is 0 Å². The van der Waals surface area contributed by atoms with Gasteiger partial charge in [-0.1, -0.05) is 36.3 Å². The molecule has 0 radical (unpaired) electrons. The average molecular weight is 449 g/mol. The van der Waals surface area contributed by atoms with Crippen LogP contribution in [0.4, 0.5) is 0 Å². The highest BCUT2D eigenvalue weighted by molar-refractivity contribution is 5.94. The highest BCUT2D eigenvalue weighted by atomic mass is 16.5. The second-order valence-corrected chi connectivity index (χ2v) is 7.89. The summed E-state index contributed by atoms with van der Waals surface area (Å²) in [6, 6.07) is 15.9. The molecule has 8 heteroatoms. The molecule has 0 bridgehead atoms. The molecule has 2 aromatic carbocycles. The molecule has 0 aliphatic carbocycles. The van der Waals surface area contributed by atoms with Crippen molar-refractivity contribution in [3.05, 3.63) is 71.0 Å². The van der Waals surface area contributed by atoms with E-state index in [1.807, 2.05) is 43.3 Å². The van der Waals surface area contributed by atoms with Gasteiger partial charge in [-0.15, -0.1) is 0 Å². The number of hydrogen-bond acceptors (Lipinski definition) is 5. The molecule has 0 unspecified atom stereocenters. The van der Waals surface area contributed by atoms with Crippen molar-refractivity contribution < 1.29 is 9.32 Å². The Morgan fingerprint density at radius 3 is 2.33 bits per heavy atom. The van der Waals surface area contributed by atoms with Gasteiger partial charge in [0.15, 0.2) is 11.8 Å². The zero-order chi connectivity index (χ0) is 23.6. The first-order valence-corrected chi connectivity index (χ1v) is 11.2. The van der Waals surface area contributed by atoms with Gasteiger partial charge in [-0.2, -0.15) is 4.98 Å². The summed E-state index contributed by atoms with van der Waals surface area (Å²) in [6.07, 6.45) is 2.41. The molecule has 8 nitrogen and oxygen atoms in total. The number of carbonyl (C=O) groups excluding carboxylic acids is 1. The number of hydrogen-bond donors (Lipinski definition) is 2. The molecule has 0 aliphatic heterocycles. The first kappa shape index (κ1) is 24.0. The second-order valence-electron chi connectivity index (χ2n) is 7.89. The fourth-order valence-corrected chi connectivity index (χ4v) is 3.32. The molecular weight excluding hydrogens is 416 g/mol. The van der Waals surface area contributed by atoms with Gasteiger partial charge in [0.05, 0.1) is 0 Å². The maximum absolute atomic E-state index is 12.1. The number of aryl methyl sites for hydroxylation is 1. The summed E-state index contributed by atoms with van der Waals surface area (Å²) < 4.78 is 5.29. The summed E-state index contributed by atoms with van der Waals surface area (Å²) >= 11 is 0. The molecule has 0 fully saturated rings. The van der Waals surface area contributed by atoms with Crippen molar-refractivity contribution >= 4 is 11.9 Å². The first-order chi connectivity index (χ1) is 16.0. The summed E-state index contributed by atoms with van der Waals surface area (Å²) in [5, 5.41) is 10.6. The quantitative estimate of drug-likeness (QED) is 0.386. The van der Waals surface area contributed by atoms with E-state index in [0.717, 1.165) is 49.4 Å². The van der Waals surface area contributed by atoms with Gasteiger partial charge < -0.3 is 20.1 Å². The van der Waals surface area contributed by atoms with Gasteiger partial charge in [0.25, 0.3) is 11.8 Å². The molecular formula is C25H32N6O2. The number of guanidine groups is 1. The molecule has 33 heavy (non-hydrogen) atoms. The summed E-state index contributed by atoms with van der Waals surface area (Å²) in [6.45, 7) is 3.48. The lowest BCUT2D eigenvalue weighted by molar-refractivity contribution is 0.0827. The Labute approximate surface area is 195 Å². The molecule has 2 N–H and O–H groups in total. The van der Waals surface area contributed by atoms with E-state index < -0.39 is 0 Å². The van der Waals surface area contributed by atoms with E-state index in [4.69, 9.17) is 4.52 Å². The zero-order valence-corrected chi connectivity index (χ0v) is 19.8. The Kier molecular flexibility index (Phi) is 8.57. The minimum atomic E-state index is 0.0121. The smallest absolute Gasteiger partial charge is 0.257 e. The van der Waals surface area contributed by atoms with Crippen LogP contribution in [0.15, 0.2) is 58.0 Å². The zero-order valence-electron chi connectivity index (χ0n) is 19.8. The van der Waals surface area contributed by atoms with E-state index in [1.54, 1.807) is 26.0 Å². The molecule has 0 spiro atoms. The number of nitrogens with zero attached hydrogens (tertiary/aromatic N) is 4. The summed E-state index contributed by atoms with van der Waals surface area (Å²) in [7, 11) is 5.28. The van der Waals surface area contributed by atoms with Gasteiger partial charge in [-0.05, 0) is 48.2 Å². The number of rotatable bonds is 9. The Hall–Kier alpha value is -3.68. The van der Waals surface area contributed by atoms with Crippen LogP contribution >= 0.6 is 0 Å². The van der Waals surface area contributed by atoms with Crippen molar-refractivity contribution in [2.45, 2.75) is 26.2 Å². The van der Waals surface area contributed by atoms with Crippen LogP contribution in [0, 0.1) is 0 Å². The predicted octanol–water partition coefficient (Wildman–Crippen LogP) is 2.95. The van der Waals surface area contributed by atoms with Crippen LogP contribution in [0.1, 0.15) is 34.2 Å². The minimum Gasteiger partial charge on any atom is -0.356 e. The third kappa shape index (κ3) is 6.90. The minimum absolute atomic E-state index is 0.0121. The summed E-state index contributed by atoms with van der Waals surface area (Å²) in [5.74, 6) is 2.04. The summed E-state index contributed by atoms with van der Waals surface area (Å²) in [5.41, 5.74) is 3.95. The van der Waals surface area contributed by atoms with Crippen LogP contribution in [-0.4, -0.2) is 61.1 Å². The maximum Gasteiger partial charge on any atom is 0.257 e. The molecule has 1 amide bonds. The van der Waals surface area contributed by atoms with E-state index in [-0.39, 0.29) is 5.91 Å². The fourth-order valence-electron chi connectivity index (χ4n) is 3.32. The number of benzene rings is 2. The first-order valence-electron chi connectivity index (χ1n) is 11.2. The van der Waals surface area contributed by atoms with Crippen LogP contribution in [0.5, 0.6) is 0 Å². The van der Waals surface area contributed by atoms with Crippen LogP contribution in [0.2, 0.25) is 0 Å². The summed E-state index contributed by atoms with van der Waals surface area (Å²) in [4.78, 5) is 22.4. The van der Waals surface area contributed by atoms with Gasteiger partial charge >= 0.3 is 0 Å². The molecule has 0 aliphatic rings. The molecule has 0 saturated heterocycles. The van der Waals surface area contributed by atoms with Crippen molar-refractivity contribution in [2.75, 3.05) is 34.2 Å². The van der Waals surface area contributed by atoms with Crippen LogP contribution in [0.25, 0.3) is 11.5 Å². The Balaban J connectivity index is 1.43. The average Bonchev–Trinajstić information content (AvgIpc) is 3.32. The normalized spacial score (nSPS) is 11.3. The van der Waals surface area contributed by atoms with Crippen LogP contribution in [-0.2, 0) is 19.3 Å². The molecule has 3 aromatic rings. The highest BCUT2D eigenvalue weighted by Gasteiger charge is 2.09. The van der Waals surface area contributed by atoms with Crippen molar-refractivity contribution in [3.8, 4) is 11.5 Å². The van der Waals surface area contributed by atoms with E-state index in [0.29, 0.717) is 17.3 Å². The van der Waals surface area contributed by atoms with Gasteiger partial charge in [-0.25, -0.2) is 0 Å². The lowest BCUT2D eigenvalue weighted by atomic mass is 10.1. The Morgan fingerprint density at radius 2 is 1.73 bits per heavy atom. The molecule has 1 heterocycles. The van der Waals surface area contributed by atoms with E-state index in [1.165, 1.54) is 5.56 Å². The number of carbonyl (C=O) groups is 1. The molecule has 0 saturated carbocycles. The predicted molar refractivity (Wildman–Crippen MR) is 130 cm³/mol. The molecule has 1 aromatic heterocycles. The second kappa shape index (κ2) is 11.8. The highest BCUT2D eigenvalue weighted by Crippen LogP contribution is 2.18. The third-order valence-electron chi connectivity index (χ3n) is 5.20. The van der Waals surface area contributed by atoms with Crippen molar-refractivity contribution in [3.63, 3.8) is 0 Å². The number of nitrogens with one attached hydrogen (secondary N) is 2. The molecule has 3 rings (SSSR count). The van der Waals surface area contributed by atoms with Crippen LogP contribution < -0.4 is 10.6 Å². The van der Waals surface area contributed by atoms with Crippen LogP contribution in [0.3, 0.4) is 0 Å². The molecule has 174 valence electrons. The van der Waals surface area contributed by atoms with Gasteiger partial charge in [0, 0.05) is 51.8 Å². The van der Waals surface area contributed by atoms with Crippen molar-refractivity contribution in [1.82, 2.24) is 25.7 Å². The topological polar surface area (TPSA) is 95.7 Å². The fraction of sp³-hybridized carbons (Fsp3) is 0.360. The lowest BCUT2D eigenvalue weighted by Crippen LogP contribution is -2.39. The Morgan fingerprint density at radius 1 is 1.03 bits per heavy atom. The van der Waals surface area contributed by atoms with Crippen molar-refractivity contribution in [1.29, 1.82) is 0 Å². The van der Waals surface area contributed by atoms with E-state index in [9.17, 15) is 4.79 Å². The Bertz CT molecular complexity index is 1070. The molecule has 0 atom stereocenters. The largest absolute Gasteiger partial charge is 0.356 e. The van der Waals surface area contributed by atoms with Gasteiger partial charge in [0.2, 0.25) is 0 Å². The lowest BCUT2D eigenvalue weighted by Gasteiger charge is -2.13. The van der Waals surface area contributed by atoms with Crippen molar-refractivity contribution in [2.24, 2.45) is 4.99 Å². The van der Waals surface area contributed by atoms with E-state index in [2.05, 4.69) is 37.9 Å². The third-order valence-corrected chi connectivity index (χ3v) is 5.20. The number of amides is 1. The number of aliphatic imine (C=N–C) groups is 1.